The molecule has 1 unspecified atom stereocenters. The number of carboxylic acids is 1. The highest BCUT2D eigenvalue weighted by Gasteiger charge is 2.15. The third kappa shape index (κ3) is 15.8. The minimum atomic E-state index is -0.827. The summed E-state index contributed by atoms with van der Waals surface area (Å²) in [6, 6.07) is 0. The van der Waals surface area contributed by atoms with Crippen LogP contribution in [0.3, 0.4) is 0 Å². The zero-order chi connectivity index (χ0) is 17.2. The Morgan fingerprint density at radius 3 is 1.52 bits per heavy atom. The maximum Gasteiger partial charge on any atom is 0.306 e. The van der Waals surface area contributed by atoms with Crippen LogP contribution < -0.4 is 0 Å². The van der Waals surface area contributed by atoms with Gasteiger partial charge in [-0.25, -0.2) is 0 Å². The molecule has 0 heterocycles. The van der Waals surface area contributed by atoms with E-state index in [1.165, 1.54) is 77.0 Å². The predicted molar refractivity (Wildman–Crippen MR) is 96.7 cm³/mol. The SMILES string of the molecule is CCCCCCCCCCCCCCCCC(CC=O)C(=O)O. The molecule has 0 rings (SSSR count). The Balaban J connectivity index is 3.21. The first-order chi connectivity index (χ1) is 11.2. The van der Waals surface area contributed by atoms with Gasteiger partial charge in [-0.3, -0.25) is 4.79 Å². The number of aldehydes is 1. The van der Waals surface area contributed by atoms with E-state index in [4.69, 9.17) is 5.11 Å². The maximum atomic E-state index is 10.9. The van der Waals surface area contributed by atoms with E-state index in [9.17, 15) is 9.59 Å². The smallest absolute Gasteiger partial charge is 0.306 e. The topological polar surface area (TPSA) is 54.4 Å². The molecule has 0 bridgehead atoms. The highest BCUT2D eigenvalue weighted by Crippen LogP contribution is 2.16. The number of carboxylic acid groups (broad SMARTS) is 1. The lowest BCUT2D eigenvalue weighted by molar-refractivity contribution is -0.143. The van der Waals surface area contributed by atoms with E-state index in [-0.39, 0.29) is 6.42 Å². The molecule has 3 nitrogen and oxygen atoms in total. The first-order valence-corrected chi connectivity index (χ1v) is 9.88. The predicted octanol–water partition coefficient (Wildman–Crippen LogP) is 6.15. The van der Waals surface area contributed by atoms with Crippen LogP contribution >= 0.6 is 0 Å². The van der Waals surface area contributed by atoms with Gasteiger partial charge in [0.2, 0.25) is 0 Å². The zero-order valence-corrected chi connectivity index (χ0v) is 15.2. The minimum Gasteiger partial charge on any atom is -0.481 e. The van der Waals surface area contributed by atoms with Gasteiger partial charge >= 0.3 is 5.97 Å². The van der Waals surface area contributed by atoms with Crippen molar-refractivity contribution >= 4 is 12.3 Å². The molecule has 136 valence electrons. The second kappa shape index (κ2) is 17.5. The zero-order valence-electron chi connectivity index (χ0n) is 15.2. The molecule has 0 aromatic heterocycles. The lowest BCUT2D eigenvalue weighted by Gasteiger charge is -2.08. The summed E-state index contributed by atoms with van der Waals surface area (Å²) in [5, 5.41) is 8.95. The second-order valence-corrected chi connectivity index (χ2v) is 6.82. The van der Waals surface area contributed by atoms with Crippen molar-refractivity contribution in [2.75, 3.05) is 0 Å². The van der Waals surface area contributed by atoms with Gasteiger partial charge < -0.3 is 9.90 Å². The number of hydrogen-bond acceptors (Lipinski definition) is 2. The molecule has 0 aliphatic rings. The second-order valence-electron chi connectivity index (χ2n) is 6.82. The van der Waals surface area contributed by atoms with Crippen LogP contribution in [-0.2, 0) is 9.59 Å². The molecule has 0 spiro atoms. The summed E-state index contributed by atoms with van der Waals surface area (Å²) >= 11 is 0. The Labute approximate surface area is 143 Å². The quantitative estimate of drug-likeness (QED) is 0.243. The van der Waals surface area contributed by atoms with E-state index < -0.39 is 11.9 Å². The molecule has 0 saturated heterocycles. The van der Waals surface area contributed by atoms with Crippen molar-refractivity contribution in [1.29, 1.82) is 0 Å². The number of carbonyl (C=O) groups is 2. The third-order valence-corrected chi connectivity index (χ3v) is 4.64. The van der Waals surface area contributed by atoms with Gasteiger partial charge in [-0.15, -0.1) is 0 Å². The van der Waals surface area contributed by atoms with Crippen molar-refractivity contribution in [3.8, 4) is 0 Å². The van der Waals surface area contributed by atoms with Crippen LogP contribution in [0, 0.1) is 5.92 Å². The summed E-state index contributed by atoms with van der Waals surface area (Å²) in [7, 11) is 0. The van der Waals surface area contributed by atoms with E-state index in [2.05, 4.69) is 6.92 Å². The number of carbonyl (C=O) groups excluding carboxylic acids is 1. The molecule has 23 heavy (non-hydrogen) atoms. The first-order valence-electron chi connectivity index (χ1n) is 9.88. The van der Waals surface area contributed by atoms with E-state index in [0.29, 0.717) is 6.42 Å². The fourth-order valence-electron chi connectivity index (χ4n) is 3.04. The Morgan fingerprint density at radius 1 is 0.783 bits per heavy atom. The van der Waals surface area contributed by atoms with Crippen molar-refractivity contribution in [2.24, 2.45) is 5.92 Å². The van der Waals surface area contributed by atoms with Gasteiger partial charge in [0.1, 0.15) is 6.29 Å². The summed E-state index contributed by atoms with van der Waals surface area (Å²) in [6.07, 6.45) is 19.8. The molecule has 0 aliphatic carbocycles. The highest BCUT2D eigenvalue weighted by atomic mass is 16.4. The van der Waals surface area contributed by atoms with Crippen LogP contribution in [0.15, 0.2) is 0 Å². The molecular weight excluding hydrogens is 288 g/mol. The molecule has 0 fully saturated rings. The normalized spacial score (nSPS) is 12.2. The fourth-order valence-corrected chi connectivity index (χ4v) is 3.04. The van der Waals surface area contributed by atoms with Crippen LogP contribution in [0.5, 0.6) is 0 Å². The molecule has 1 atom stereocenters. The van der Waals surface area contributed by atoms with Crippen LogP contribution in [-0.4, -0.2) is 17.4 Å². The van der Waals surface area contributed by atoms with Crippen LogP contribution in [0.25, 0.3) is 0 Å². The van der Waals surface area contributed by atoms with Gasteiger partial charge in [0.25, 0.3) is 0 Å². The molecule has 0 aromatic carbocycles. The molecular formula is C20H38O3. The fraction of sp³-hybridized carbons (Fsp3) is 0.900. The number of unbranched alkanes of at least 4 members (excludes halogenated alkanes) is 13. The Bertz CT molecular complexity index is 276. The van der Waals surface area contributed by atoms with Crippen molar-refractivity contribution in [3.63, 3.8) is 0 Å². The standard InChI is InChI=1S/C20H38O3/c1-2-3-4-5-6-7-8-9-10-11-12-13-14-15-16-19(17-18-21)20(22)23/h18-19H,2-17H2,1H3,(H,22,23). The third-order valence-electron chi connectivity index (χ3n) is 4.64. The van der Waals surface area contributed by atoms with Crippen LogP contribution in [0.2, 0.25) is 0 Å². The largest absolute Gasteiger partial charge is 0.481 e. The van der Waals surface area contributed by atoms with E-state index in [1.54, 1.807) is 0 Å². The molecule has 1 N–H and O–H groups in total. The van der Waals surface area contributed by atoms with Gasteiger partial charge in [0.05, 0.1) is 5.92 Å². The summed E-state index contributed by atoms with van der Waals surface area (Å²) in [5.74, 6) is -1.29. The van der Waals surface area contributed by atoms with Gasteiger partial charge in [0.15, 0.2) is 0 Å². The van der Waals surface area contributed by atoms with Gasteiger partial charge in [-0.05, 0) is 6.42 Å². The van der Waals surface area contributed by atoms with E-state index in [1.807, 2.05) is 0 Å². The lowest BCUT2D eigenvalue weighted by atomic mass is 9.97. The highest BCUT2D eigenvalue weighted by molar-refractivity contribution is 5.73. The summed E-state index contributed by atoms with van der Waals surface area (Å²) in [5.41, 5.74) is 0. The molecule has 0 amide bonds. The molecule has 0 aliphatic heterocycles. The van der Waals surface area contributed by atoms with Gasteiger partial charge in [-0.2, -0.15) is 0 Å². The first kappa shape index (κ1) is 22.1. The number of aliphatic carboxylic acids is 1. The van der Waals surface area contributed by atoms with E-state index in [0.717, 1.165) is 19.1 Å². The van der Waals surface area contributed by atoms with E-state index >= 15 is 0 Å². The van der Waals surface area contributed by atoms with Crippen LogP contribution in [0.4, 0.5) is 0 Å². The molecule has 0 saturated carbocycles. The Morgan fingerprint density at radius 2 is 1.17 bits per heavy atom. The van der Waals surface area contributed by atoms with Gasteiger partial charge in [0, 0.05) is 6.42 Å². The molecule has 3 heteroatoms. The maximum absolute atomic E-state index is 10.9. The Hall–Kier alpha value is -0.860. The molecule has 0 radical (unpaired) electrons. The Kier molecular flexibility index (Phi) is 16.8. The molecule has 0 aromatic rings. The lowest BCUT2D eigenvalue weighted by Crippen LogP contribution is -2.13. The summed E-state index contributed by atoms with van der Waals surface area (Å²) in [6.45, 7) is 2.26. The summed E-state index contributed by atoms with van der Waals surface area (Å²) < 4.78 is 0. The monoisotopic (exact) mass is 326 g/mol. The average Bonchev–Trinajstić information content (AvgIpc) is 2.54. The summed E-state index contributed by atoms with van der Waals surface area (Å²) in [4.78, 5) is 21.3. The number of hydrogen-bond donors (Lipinski definition) is 1. The minimum absolute atomic E-state index is 0.160. The van der Waals surface area contributed by atoms with Crippen molar-refractivity contribution in [1.82, 2.24) is 0 Å². The van der Waals surface area contributed by atoms with Crippen molar-refractivity contribution < 1.29 is 14.7 Å². The average molecular weight is 327 g/mol. The van der Waals surface area contributed by atoms with Gasteiger partial charge in [-0.1, -0.05) is 96.8 Å². The van der Waals surface area contributed by atoms with Crippen molar-refractivity contribution in [3.05, 3.63) is 0 Å². The number of rotatable bonds is 18. The van der Waals surface area contributed by atoms with Crippen molar-refractivity contribution in [2.45, 2.75) is 110 Å². The van der Waals surface area contributed by atoms with Crippen LogP contribution in [0.1, 0.15) is 110 Å².